The van der Waals surface area contributed by atoms with Gasteiger partial charge in [0, 0.05) is 11.3 Å². The molecule has 3 aromatic rings. The monoisotopic (exact) mass is 345 g/mol. The van der Waals surface area contributed by atoms with E-state index >= 15 is 0 Å². The molecule has 4 rings (SSSR count). The largest absolute Gasteiger partial charge is 0.388 e. The Balaban J connectivity index is 1.88. The Morgan fingerprint density at radius 1 is 1.20 bits per heavy atom. The lowest BCUT2D eigenvalue weighted by atomic mass is 9.69. The lowest BCUT2D eigenvalue weighted by molar-refractivity contribution is 0.0321. The highest BCUT2D eigenvalue weighted by Gasteiger charge is 2.48. The normalized spacial score (nSPS) is 23.0. The number of rotatable bonds is 3. The van der Waals surface area contributed by atoms with Gasteiger partial charge in [-0.1, -0.05) is 43.3 Å². The second kappa shape index (κ2) is 6.15. The summed E-state index contributed by atoms with van der Waals surface area (Å²) in [7, 11) is 0. The molecule has 0 bridgehead atoms. The summed E-state index contributed by atoms with van der Waals surface area (Å²) in [6.07, 6.45) is 0.242. The van der Waals surface area contributed by atoms with Gasteiger partial charge >= 0.3 is 0 Å². The maximum Gasteiger partial charge on any atom is 0.0991 e. The van der Waals surface area contributed by atoms with E-state index in [4.69, 9.17) is 0 Å². The van der Waals surface area contributed by atoms with Gasteiger partial charge in [0.05, 0.1) is 17.7 Å². The summed E-state index contributed by atoms with van der Waals surface area (Å²) in [4.78, 5) is 0. The highest BCUT2D eigenvalue weighted by molar-refractivity contribution is 7.07. The number of hydrogen-bond donors (Lipinski definition) is 1. The zero-order chi connectivity index (χ0) is 17.4. The summed E-state index contributed by atoms with van der Waals surface area (Å²) in [5.74, 6) is 0.0619. The summed E-state index contributed by atoms with van der Waals surface area (Å²) < 4.78 is 0. The van der Waals surface area contributed by atoms with Crippen molar-refractivity contribution in [3.8, 4) is 6.07 Å². The van der Waals surface area contributed by atoms with Gasteiger partial charge in [0.25, 0.3) is 0 Å². The maximum absolute atomic E-state index is 11.2. The van der Waals surface area contributed by atoms with Crippen LogP contribution in [-0.4, -0.2) is 5.11 Å². The average Bonchev–Trinajstić information content (AvgIpc) is 3.27. The topological polar surface area (TPSA) is 44.0 Å². The minimum atomic E-state index is -0.554. The number of thiophene rings is 1. The van der Waals surface area contributed by atoms with Crippen molar-refractivity contribution < 1.29 is 5.11 Å². The lowest BCUT2D eigenvalue weighted by Crippen LogP contribution is -2.30. The Labute approximate surface area is 152 Å². The van der Waals surface area contributed by atoms with Crippen LogP contribution in [0.2, 0.25) is 0 Å². The van der Waals surface area contributed by atoms with E-state index in [2.05, 4.69) is 31.2 Å². The second-order valence-corrected chi connectivity index (χ2v) is 7.79. The Hall–Kier alpha value is -2.41. The van der Waals surface area contributed by atoms with Gasteiger partial charge < -0.3 is 5.11 Å². The van der Waals surface area contributed by atoms with Crippen molar-refractivity contribution in [1.29, 1.82) is 5.26 Å². The van der Waals surface area contributed by atoms with Crippen LogP contribution in [0, 0.1) is 16.7 Å². The molecule has 1 aliphatic rings. The van der Waals surface area contributed by atoms with E-state index in [0.29, 0.717) is 5.56 Å². The summed E-state index contributed by atoms with van der Waals surface area (Å²) in [6.45, 7) is 2.17. The van der Waals surface area contributed by atoms with Crippen LogP contribution in [0.1, 0.15) is 46.8 Å². The molecule has 1 N–H and O–H groups in total. The van der Waals surface area contributed by atoms with Gasteiger partial charge in [-0.3, -0.25) is 0 Å². The van der Waals surface area contributed by atoms with Crippen molar-refractivity contribution in [2.24, 2.45) is 5.41 Å². The first-order valence-corrected chi connectivity index (χ1v) is 9.36. The van der Waals surface area contributed by atoms with E-state index in [1.165, 1.54) is 16.7 Å². The summed E-state index contributed by atoms with van der Waals surface area (Å²) in [5.41, 5.74) is 4.88. The van der Waals surface area contributed by atoms with Crippen molar-refractivity contribution in [1.82, 2.24) is 0 Å². The molecule has 0 saturated carbocycles. The zero-order valence-electron chi connectivity index (χ0n) is 14.0. The molecule has 3 heteroatoms. The van der Waals surface area contributed by atoms with Crippen molar-refractivity contribution in [3.63, 3.8) is 0 Å². The minimum Gasteiger partial charge on any atom is -0.388 e. The van der Waals surface area contributed by atoms with Crippen LogP contribution in [0.25, 0.3) is 0 Å². The summed E-state index contributed by atoms with van der Waals surface area (Å²) >= 11 is 1.61. The smallest absolute Gasteiger partial charge is 0.0991 e. The van der Waals surface area contributed by atoms with Gasteiger partial charge in [0.2, 0.25) is 0 Å². The van der Waals surface area contributed by atoms with Gasteiger partial charge in [-0.25, -0.2) is 0 Å². The van der Waals surface area contributed by atoms with Gasteiger partial charge in [-0.15, -0.1) is 0 Å². The molecule has 124 valence electrons. The third-order valence-electron chi connectivity index (χ3n) is 5.43. The van der Waals surface area contributed by atoms with Crippen LogP contribution < -0.4 is 0 Å². The predicted octanol–water partition coefficient (Wildman–Crippen LogP) is 5.05. The van der Waals surface area contributed by atoms with E-state index in [1.807, 2.05) is 47.2 Å². The van der Waals surface area contributed by atoms with Crippen LogP contribution in [0.4, 0.5) is 0 Å². The number of aliphatic hydroxyl groups excluding tert-OH is 1. The number of aliphatic hydroxyl groups is 1. The van der Waals surface area contributed by atoms with Crippen LogP contribution in [0.3, 0.4) is 0 Å². The molecule has 0 fully saturated rings. The quantitative estimate of drug-likeness (QED) is 0.722. The highest BCUT2D eigenvalue weighted by Crippen LogP contribution is 2.56. The molecular formula is C22H19NOS. The van der Waals surface area contributed by atoms with Crippen molar-refractivity contribution >= 4 is 11.3 Å². The fourth-order valence-corrected chi connectivity index (χ4v) is 4.91. The van der Waals surface area contributed by atoms with Gasteiger partial charge in [0.15, 0.2) is 0 Å². The van der Waals surface area contributed by atoms with Crippen molar-refractivity contribution in [3.05, 3.63) is 93.2 Å². The summed E-state index contributed by atoms with van der Waals surface area (Å²) in [6, 6.07) is 20.5. The number of benzene rings is 2. The number of nitrogens with zero attached hydrogens (tertiary/aromatic N) is 1. The van der Waals surface area contributed by atoms with Crippen LogP contribution in [0.5, 0.6) is 0 Å². The van der Waals surface area contributed by atoms with Crippen molar-refractivity contribution in [2.45, 2.75) is 25.4 Å². The van der Waals surface area contributed by atoms with E-state index < -0.39 is 6.10 Å². The standard InChI is InChI=1S/C22H19NOS/c1-22(21(24)18-9-10-25-14-18)12-17-8-7-15(13-23)11-19(17)20(22)16-5-3-2-4-6-16/h2-11,14,20-21,24H,12H2,1H3/t20?,21-,22?/m0/s1. The molecule has 0 aliphatic heterocycles. The Kier molecular flexibility index (Phi) is 3.95. The third kappa shape index (κ3) is 2.59. The van der Waals surface area contributed by atoms with Crippen molar-refractivity contribution in [2.75, 3.05) is 0 Å². The molecule has 1 aliphatic carbocycles. The van der Waals surface area contributed by atoms with E-state index in [9.17, 15) is 10.4 Å². The fourth-order valence-electron chi connectivity index (χ4n) is 4.23. The molecule has 0 amide bonds. The molecule has 2 aromatic carbocycles. The molecule has 0 radical (unpaired) electrons. The number of nitriles is 1. The molecule has 3 atom stereocenters. The minimum absolute atomic E-state index is 0.0619. The van der Waals surface area contributed by atoms with E-state index in [1.54, 1.807) is 11.3 Å². The van der Waals surface area contributed by atoms with E-state index in [0.717, 1.165) is 12.0 Å². The maximum atomic E-state index is 11.2. The number of fused-ring (bicyclic) bond motifs is 1. The molecule has 0 spiro atoms. The molecule has 1 heterocycles. The molecule has 1 aromatic heterocycles. The molecule has 2 nitrogen and oxygen atoms in total. The Morgan fingerprint density at radius 2 is 2.00 bits per heavy atom. The SMILES string of the molecule is CC1([C@@H](O)c2ccsc2)Cc2ccc(C#N)cc2C1c1ccccc1. The van der Waals surface area contributed by atoms with Crippen LogP contribution in [-0.2, 0) is 6.42 Å². The Morgan fingerprint density at radius 3 is 2.68 bits per heavy atom. The highest BCUT2D eigenvalue weighted by atomic mass is 32.1. The first-order chi connectivity index (χ1) is 12.1. The van der Waals surface area contributed by atoms with Gasteiger partial charge in [-0.2, -0.15) is 16.6 Å². The van der Waals surface area contributed by atoms with Gasteiger partial charge in [0.1, 0.15) is 0 Å². The molecular weight excluding hydrogens is 326 g/mol. The third-order valence-corrected chi connectivity index (χ3v) is 6.13. The second-order valence-electron chi connectivity index (χ2n) is 7.01. The fraction of sp³-hybridized carbons (Fsp3) is 0.227. The predicted molar refractivity (Wildman–Crippen MR) is 101 cm³/mol. The first kappa shape index (κ1) is 16.1. The van der Waals surface area contributed by atoms with Gasteiger partial charge in [-0.05, 0) is 57.6 Å². The molecule has 0 saturated heterocycles. The van der Waals surface area contributed by atoms with Crippen LogP contribution >= 0.6 is 11.3 Å². The van der Waals surface area contributed by atoms with E-state index in [-0.39, 0.29) is 11.3 Å². The Bertz CT molecular complexity index is 926. The average molecular weight is 345 g/mol. The zero-order valence-corrected chi connectivity index (χ0v) is 14.8. The lowest BCUT2D eigenvalue weighted by Gasteiger charge is -2.37. The number of hydrogen-bond acceptors (Lipinski definition) is 3. The first-order valence-electron chi connectivity index (χ1n) is 8.41. The summed E-state index contributed by atoms with van der Waals surface area (Å²) in [5, 5.41) is 24.6. The van der Waals surface area contributed by atoms with Crippen LogP contribution in [0.15, 0.2) is 65.4 Å². The molecule has 25 heavy (non-hydrogen) atoms. The molecule has 2 unspecified atom stereocenters.